The number of aromatic nitrogens is 1. The van der Waals surface area contributed by atoms with E-state index in [1.54, 1.807) is 6.07 Å². The first-order valence-electron chi connectivity index (χ1n) is 8.33. The molecule has 0 bridgehead atoms. The number of ether oxygens (including phenoxy) is 1. The summed E-state index contributed by atoms with van der Waals surface area (Å²) in [5.74, 6) is 0.317. The third-order valence-electron chi connectivity index (χ3n) is 3.65. The van der Waals surface area contributed by atoms with Crippen LogP contribution in [0.15, 0.2) is 60.7 Å². The van der Waals surface area contributed by atoms with E-state index < -0.39 is 5.60 Å². The molecule has 0 aliphatic carbocycles. The van der Waals surface area contributed by atoms with Crippen molar-refractivity contribution in [2.24, 2.45) is 0 Å². The van der Waals surface area contributed by atoms with Crippen LogP contribution in [0.3, 0.4) is 0 Å². The maximum absolute atomic E-state index is 12.6. The molecule has 128 valence electrons. The van der Waals surface area contributed by atoms with Crippen LogP contribution < -0.4 is 5.32 Å². The largest absolute Gasteiger partial charge is 0.456 e. The highest BCUT2D eigenvalue weighted by atomic mass is 16.6. The summed E-state index contributed by atoms with van der Waals surface area (Å²) in [6.07, 6.45) is 0. The molecule has 0 fully saturated rings. The standard InChI is InChI=1S/C21H22N2O2/c1-21(2,3)25-20(24)17-13-19(22-14-15-9-5-4-6-10-15)23-18-12-8-7-11-16(17)18/h4-13H,14H2,1-3H3,(H,22,23). The summed E-state index contributed by atoms with van der Waals surface area (Å²) in [4.78, 5) is 17.2. The Bertz CT molecular complexity index is 883. The van der Waals surface area contributed by atoms with Gasteiger partial charge < -0.3 is 10.1 Å². The Morgan fingerprint density at radius 3 is 2.44 bits per heavy atom. The topological polar surface area (TPSA) is 51.2 Å². The molecule has 0 spiro atoms. The molecule has 4 heteroatoms. The number of rotatable bonds is 4. The Hall–Kier alpha value is -2.88. The summed E-state index contributed by atoms with van der Waals surface area (Å²) >= 11 is 0. The lowest BCUT2D eigenvalue weighted by atomic mass is 10.1. The second-order valence-electron chi connectivity index (χ2n) is 6.91. The minimum Gasteiger partial charge on any atom is -0.456 e. The quantitative estimate of drug-likeness (QED) is 0.696. The number of carbonyl (C=O) groups excluding carboxylic acids is 1. The lowest BCUT2D eigenvalue weighted by Crippen LogP contribution is -2.24. The summed E-state index contributed by atoms with van der Waals surface area (Å²) in [6.45, 7) is 6.23. The van der Waals surface area contributed by atoms with E-state index in [0.717, 1.165) is 16.5 Å². The molecule has 3 aromatic rings. The SMILES string of the molecule is CC(C)(C)OC(=O)c1cc(NCc2ccccc2)nc2ccccc12. The lowest BCUT2D eigenvalue weighted by Gasteiger charge is -2.20. The molecule has 0 unspecified atom stereocenters. The molecule has 1 N–H and O–H groups in total. The van der Waals surface area contributed by atoms with Crippen LogP contribution in [0, 0.1) is 0 Å². The van der Waals surface area contributed by atoms with E-state index in [1.165, 1.54) is 0 Å². The molecule has 2 aromatic carbocycles. The molecular weight excluding hydrogens is 312 g/mol. The minimum atomic E-state index is -0.543. The number of carbonyl (C=O) groups is 1. The maximum Gasteiger partial charge on any atom is 0.339 e. The predicted molar refractivity (Wildman–Crippen MR) is 101 cm³/mol. The number of hydrogen-bond acceptors (Lipinski definition) is 4. The fourth-order valence-corrected chi connectivity index (χ4v) is 2.56. The number of nitrogens with zero attached hydrogens (tertiary/aromatic N) is 1. The van der Waals surface area contributed by atoms with Crippen LogP contribution in [0.1, 0.15) is 36.7 Å². The highest BCUT2D eigenvalue weighted by Crippen LogP contribution is 2.23. The molecule has 0 saturated heterocycles. The normalized spacial score (nSPS) is 11.3. The summed E-state index contributed by atoms with van der Waals surface area (Å²) in [7, 11) is 0. The van der Waals surface area contributed by atoms with Crippen molar-refractivity contribution >= 4 is 22.7 Å². The van der Waals surface area contributed by atoms with Crippen molar-refractivity contribution < 1.29 is 9.53 Å². The zero-order chi connectivity index (χ0) is 17.9. The molecule has 0 amide bonds. The smallest absolute Gasteiger partial charge is 0.339 e. The lowest BCUT2D eigenvalue weighted by molar-refractivity contribution is 0.00718. The number of nitrogens with one attached hydrogen (secondary N) is 1. The van der Waals surface area contributed by atoms with E-state index in [4.69, 9.17) is 4.74 Å². The number of hydrogen-bond donors (Lipinski definition) is 1. The van der Waals surface area contributed by atoms with Crippen molar-refractivity contribution in [2.45, 2.75) is 32.9 Å². The average molecular weight is 334 g/mol. The maximum atomic E-state index is 12.6. The number of pyridine rings is 1. The number of esters is 1. The van der Waals surface area contributed by atoms with Crippen LogP contribution in [-0.2, 0) is 11.3 Å². The number of fused-ring (bicyclic) bond motifs is 1. The Kier molecular flexibility index (Phi) is 4.70. The first-order valence-corrected chi connectivity index (χ1v) is 8.33. The molecule has 1 heterocycles. The van der Waals surface area contributed by atoms with Crippen LogP contribution >= 0.6 is 0 Å². The predicted octanol–water partition coefficient (Wildman–Crippen LogP) is 4.80. The van der Waals surface area contributed by atoms with Crippen LogP contribution in [0.4, 0.5) is 5.82 Å². The van der Waals surface area contributed by atoms with Crippen LogP contribution in [0.25, 0.3) is 10.9 Å². The fraction of sp³-hybridized carbons (Fsp3) is 0.238. The number of anilines is 1. The van der Waals surface area contributed by atoms with Crippen molar-refractivity contribution in [3.05, 3.63) is 71.8 Å². The summed E-state index contributed by atoms with van der Waals surface area (Å²) < 4.78 is 5.56. The molecule has 1 aromatic heterocycles. The Balaban J connectivity index is 1.93. The van der Waals surface area contributed by atoms with Gasteiger partial charge in [-0.15, -0.1) is 0 Å². The fourth-order valence-electron chi connectivity index (χ4n) is 2.56. The highest BCUT2D eigenvalue weighted by Gasteiger charge is 2.20. The van der Waals surface area contributed by atoms with Crippen molar-refractivity contribution in [1.82, 2.24) is 4.98 Å². The summed E-state index contributed by atoms with van der Waals surface area (Å²) in [6, 6.07) is 19.4. The van der Waals surface area contributed by atoms with Crippen molar-refractivity contribution in [1.29, 1.82) is 0 Å². The van der Waals surface area contributed by atoms with Crippen molar-refractivity contribution in [2.75, 3.05) is 5.32 Å². The molecule has 25 heavy (non-hydrogen) atoms. The molecule has 0 radical (unpaired) electrons. The van der Waals surface area contributed by atoms with Crippen molar-refractivity contribution in [3.8, 4) is 0 Å². The molecular formula is C21H22N2O2. The van der Waals surface area contributed by atoms with E-state index in [2.05, 4.69) is 10.3 Å². The molecule has 4 nitrogen and oxygen atoms in total. The van der Waals surface area contributed by atoms with E-state index in [1.807, 2.05) is 75.4 Å². The highest BCUT2D eigenvalue weighted by molar-refractivity contribution is 6.04. The van der Waals surface area contributed by atoms with Crippen LogP contribution in [-0.4, -0.2) is 16.6 Å². The zero-order valence-corrected chi connectivity index (χ0v) is 14.7. The Morgan fingerprint density at radius 2 is 1.72 bits per heavy atom. The van der Waals surface area contributed by atoms with Gasteiger partial charge in [0.05, 0.1) is 11.1 Å². The number of para-hydroxylation sites is 1. The Morgan fingerprint density at radius 1 is 1.04 bits per heavy atom. The average Bonchev–Trinajstić information content (AvgIpc) is 2.58. The van der Waals surface area contributed by atoms with Crippen LogP contribution in [0.2, 0.25) is 0 Å². The van der Waals surface area contributed by atoms with E-state index in [0.29, 0.717) is 17.9 Å². The van der Waals surface area contributed by atoms with Gasteiger partial charge in [0, 0.05) is 11.9 Å². The first-order chi connectivity index (χ1) is 11.9. The van der Waals surface area contributed by atoms with Gasteiger partial charge in [-0.05, 0) is 38.5 Å². The van der Waals surface area contributed by atoms with Gasteiger partial charge in [-0.1, -0.05) is 48.5 Å². The van der Waals surface area contributed by atoms with Gasteiger partial charge in [0.25, 0.3) is 0 Å². The second kappa shape index (κ2) is 6.93. The molecule has 0 atom stereocenters. The van der Waals surface area contributed by atoms with Gasteiger partial charge in [0.1, 0.15) is 11.4 Å². The van der Waals surface area contributed by atoms with Gasteiger partial charge in [-0.2, -0.15) is 0 Å². The monoisotopic (exact) mass is 334 g/mol. The van der Waals surface area contributed by atoms with E-state index in [-0.39, 0.29) is 5.97 Å². The third-order valence-corrected chi connectivity index (χ3v) is 3.65. The van der Waals surface area contributed by atoms with Crippen LogP contribution in [0.5, 0.6) is 0 Å². The summed E-state index contributed by atoms with van der Waals surface area (Å²) in [5, 5.41) is 4.09. The summed E-state index contributed by atoms with van der Waals surface area (Å²) in [5.41, 5.74) is 1.90. The molecule has 0 aliphatic heterocycles. The molecule has 0 aliphatic rings. The zero-order valence-electron chi connectivity index (χ0n) is 14.7. The Labute approximate surface area is 147 Å². The third kappa shape index (κ3) is 4.35. The van der Waals surface area contributed by atoms with Gasteiger partial charge in [-0.25, -0.2) is 9.78 Å². The first kappa shape index (κ1) is 17.0. The van der Waals surface area contributed by atoms with Crippen molar-refractivity contribution in [3.63, 3.8) is 0 Å². The van der Waals surface area contributed by atoms with E-state index >= 15 is 0 Å². The van der Waals surface area contributed by atoms with Gasteiger partial charge >= 0.3 is 5.97 Å². The van der Waals surface area contributed by atoms with Gasteiger partial charge in [0.2, 0.25) is 0 Å². The van der Waals surface area contributed by atoms with Gasteiger partial charge in [0.15, 0.2) is 0 Å². The second-order valence-corrected chi connectivity index (χ2v) is 6.91. The molecule has 0 saturated carbocycles. The van der Waals surface area contributed by atoms with Gasteiger partial charge in [-0.3, -0.25) is 0 Å². The molecule has 3 rings (SSSR count). The number of benzene rings is 2. The van der Waals surface area contributed by atoms with E-state index in [9.17, 15) is 4.79 Å². The minimum absolute atomic E-state index is 0.339.